The summed E-state index contributed by atoms with van der Waals surface area (Å²) >= 11 is 5.11. The van der Waals surface area contributed by atoms with E-state index in [4.69, 9.17) is 22.1 Å². The minimum Gasteiger partial charge on any atom is -0.489 e. The van der Waals surface area contributed by atoms with Gasteiger partial charge >= 0.3 is 5.97 Å². The molecule has 7 nitrogen and oxygen atoms in total. The summed E-state index contributed by atoms with van der Waals surface area (Å²) in [6.07, 6.45) is 3.80. The van der Waals surface area contributed by atoms with Gasteiger partial charge in [-0.1, -0.05) is 24.3 Å². The first kappa shape index (κ1) is 22.9. The van der Waals surface area contributed by atoms with Gasteiger partial charge in [0.1, 0.15) is 17.9 Å². The van der Waals surface area contributed by atoms with Gasteiger partial charge in [-0.15, -0.1) is 6.58 Å². The second kappa shape index (κ2) is 9.57. The third kappa shape index (κ3) is 4.76. The van der Waals surface area contributed by atoms with Gasteiger partial charge in [-0.2, -0.15) is 0 Å². The zero-order chi connectivity index (χ0) is 23.4. The molecule has 0 saturated carbocycles. The van der Waals surface area contributed by atoms with Crippen LogP contribution < -0.4 is 4.74 Å². The number of aromatic carboxylic acids is 1. The van der Waals surface area contributed by atoms with E-state index in [9.17, 15) is 14.4 Å². The molecule has 8 heteroatoms. The Labute approximate surface area is 191 Å². The molecule has 2 aromatic carbocycles. The number of allylic oxidation sites excluding steroid dienone is 1. The van der Waals surface area contributed by atoms with Crippen LogP contribution in [0, 0.1) is 0 Å². The number of nitrogens with zero attached hydrogens (tertiary/aromatic N) is 2. The average molecular weight is 451 g/mol. The number of hydrogen-bond donors (Lipinski definition) is 1. The summed E-state index contributed by atoms with van der Waals surface area (Å²) in [4.78, 5) is 38.6. The number of benzene rings is 2. The van der Waals surface area contributed by atoms with Crippen LogP contribution >= 0.6 is 12.2 Å². The molecule has 0 spiro atoms. The van der Waals surface area contributed by atoms with E-state index in [1.807, 2.05) is 6.07 Å². The molecule has 32 heavy (non-hydrogen) atoms. The van der Waals surface area contributed by atoms with Crippen LogP contribution in [0.15, 0.2) is 60.7 Å². The van der Waals surface area contributed by atoms with E-state index in [1.165, 1.54) is 36.0 Å². The van der Waals surface area contributed by atoms with Crippen molar-refractivity contribution in [3.63, 3.8) is 0 Å². The van der Waals surface area contributed by atoms with E-state index in [-0.39, 0.29) is 22.9 Å². The Bertz CT molecular complexity index is 1110. The predicted molar refractivity (Wildman–Crippen MR) is 124 cm³/mol. The standard InChI is InChI=1S/C24H22N2O5S/c1-4-5-18-12-16(13-19-21(27)25(2)24(32)26(3)22(19)28)8-11-20(18)31-14-15-6-9-17(10-7-15)23(29)30/h4,6-13H,1,5,14H2,2-3H3,(H,29,30). The van der Waals surface area contributed by atoms with Crippen LogP contribution in [0.2, 0.25) is 0 Å². The second-order valence-corrected chi connectivity index (χ2v) is 7.58. The van der Waals surface area contributed by atoms with Crippen LogP contribution in [0.4, 0.5) is 0 Å². The predicted octanol–water partition coefficient (Wildman–Crippen LogP) is 3.29. The molecule has 1 N–H and O–H groups in total. The highest BCUT2D eigenvalue weighted by molar-refractivity contribution is 7.80. The molecule has 1 saturated heterocycles. The van der Waals surface area contributed by atoms with Crippen molar-refractivity contribution in [3.05, 3.63) is 82.9 Å². The van der Waals surface area contributed by atoms with E-state index in [1.54, 1.807) is 36.4 Å². The van der Waals surface area contributed by atoms with Gasteiger partial charge in [0.05, 0.1) is 5.56 Å². The fourth-order valence-electron chi connectivity index (χ4n) is 3.19. The summed E-state index contributed by atoms with van der Waals surface area (Å²) in [6, 6.07) is 11.8. The number of amides is 2. The smallest absolute Gasteiger partial charge is 0.335 e. The highest BCUT2D eigenvalue weighted by Crippen LogP contribution is 2.25. The first-order valence-corrected chi connectivity index (χ1v) is 10.1. The van der Waals surface area contributed by atoms with Crippen LogP contribution in [0.3, 0.4) is 0 Å². The van der Waals surface area contributed by atoms with Crippen molar-refractivity contribution in [2.45, 2.75) is 13.0 Å². The Kier molecular flexibility index (Phi) is 6.85. The van der Waals surface area contributed by atoms with Crippen LogP contribution in [0.1, 0.15) is 27.0 Å². The van der Waals surface area contributed by atoms with Crippen LogP contribution in [0.25, 0.3) is 6.08 Å². The van der Waals surface area contributed by atoms with Crippen molar-refractivity contribution in [1.82, 2.24) is 9.80 Å². The Balaban J connectivity index is 1.84. The van der Waals surface area contributed by atoms with Gasteiger partial charge in [0.25, 0.3) is 11.8 Å². The summed E-state index contributed by atoms with van der Waals surface area (Å²) in [7, 11) is 3.06. The molecule has 2 aromatic rings. The normalized spacial score (nSPS) is 13.9. The van der Waals surface area contributed by atoms with Gasteiger partial charge in [-0.05, 0) is 65.7 Å². The summed E-state index contributed by atoms with van der Waals surface area (Å²) in [5.41, 5.74) is 2.57. The molecule has 2 amide bonds. The third-order valence-electron chi connectivity index (χ3n) is 5.00. The second-order valence-electron chi connectivity index (χ2n) is 7.22. The topological polar surface area (TPSA) is 87.2 Å². The van der Waals surface area contributed by atoms with Crippen molar-refractivity contribution in [1.29, 1.82) is 0 Å². The number of carbonyl (C=O) groups is 3. The maximum Gasteiger partial charge on any atom is 0.335 e. The van der Waals surface area contributed by atoms with Gasteiger partial charge in [-0.25, -0.2) is 4.79 Å². The largest absolute Gasteiger partial charge is 0.489 e. The Morgan fingerprint density at radius 3 is 2.28 bits per heavy atom. The molecule has 0 radical (unpaired) electrons. The molecular formula is C24H22N2O5S. The first-order chi connectivity index (χ1) is 15.2. The van der Waals surface area contributed by atoms with Crippen LogP contribution in [0.5, 0.6) is 5.75 Å². The van der Waals surface area contributed by atoms with Crippen molar-refractivity contribution < 1.29 is 24.2 Å². The molecule has 1 fully saturated rings. The molecule has 0 aromatic heterocycles. The number of rotatable bonds is 7. The first-order valence-electron chi connectivity index (χ1n) is 9.73. The van der Waals surface area contributed by atoms with Crippen molar-refractivity contribution in [3.8, 4) is 5.75 Å². The quantitative estimate of drug-likeness (QED) is 0.302. The van der Waals surface area contributed by atoms with E-state index >= 15 is 0 Å². The Morgan fingerprint density at radius 2 is 1.72 bits per heavy atom. The molecule has 0 atom stereocenters. The van der Waals surface area contributed by atoms with E-state index in [0.717, 1.165) is 11.1 Å². The number of likely N-dealkylation sites (N-methyl/N-ethyl adjacent to an activating group) is 2. The molecule has 0 bridgehead atoms. The van der Waals surface area contributed by atoms with Gasteiger partial charge in [0.15, 0.2) is 5.11 Å². The monoisotopic (exact) mass is 450 g/mol. The summed E-state index contributed by atoms with van der Waals surface area (Å²) in [5.74, 6) is -1.25. The molecule has 1 aliphatic rings. The summed E-state index contributed by atoms with van der Waals surface area (Å²) in [6.45, 7) is 4.04. The van der Waals surface area contributed by atoms with E-state index < -0.39 is 17.8 Å². The van der Waals surface area contributed by atoms with E-state index in [2.05, 4.69) is 6.58 Å². The lowest BCUT2D eigenvalue weighted by Gasteiger charge is -2.31. The summed E-state index contributed by atoms with van der Waals surface area (Å²) in [5, 5.41) is 9.16. The maximum atomic E-state index is 12.5. The molecule has 0 unspecified atom stereocenters. The average Bonchev–Trinajstić information content (AvgIpc) is 2.79. The minimum atomic E-state index is -0.982. The van der Waals surface area contributed by atoms with E-state index in [0.29, 0.717) is 17.7 Å². The highest BCUT2D eigenvalue weighted by Gasteiger charge is 2.35. The molecule has 164 valence electrons. The van der Waals surface area contributed by atoms with Gasteiger partial charge < -0.3 is 9.84 Å². The zero-order valence-corrected chi connectivity index (χ0v) is 18.5. The van der Waals surface area contributed by atoms with Crippen molar-refractivity contribution in [2.75, 3.05) is 14.1 Å². The number of carboxylic acid groups (broad SMARTS) is 1. The van der Waals surface area contributed by atoms with Gasteiger partial charge in [-0.3, -0.25) is 19.4 Å². The van der Waals surface area contributed by atoms with Crippen molar-refractivity contribution >= 4 is 41.2 Å². The van der Waals surface area contributed by atoms with Gasteiger partial charge in [0.2, 0.25) is 0 Å². The van der Waals surface area contributed by atoms with Crippen LogP contribution in [-0.2, 0) is 22.6 Å². The lowest BCUT2D eigenvalue weighted by molar-refractivity contribution is -0.132. The van der Waals surface area contributed by atoms with Crippen molar-refractivity contribution in [2.24, 2.45) is 0 Å². The lowest BCUT2D eigenvalue weighted by Crippen LogP contribution is -2.52. The number of thiocarbonyl (C=S) groups is 1. The molecule has 1 aliphatic heterocycles. The Morgan fingerprint density at radius 1 is 1.09 bits per heavy atom. The summed E-state index contributed by atoms with van der Waals surface area (Å²) < 4.78 is 5.93. The maximum absolute atomic E-state index is 12.5. The minimum absolute atomic E-state index is 0.0281. The fraction of sp³-hybridized carbons (Fsp3) is 0.167. The third-order valence-corrected chi connectivity index (χ3v) is 5.55. The SMILES string of the molecule is C=CCc1cc(C=C2C(=O)N(C)C(=S)N(C)C2=O)ccc1OCc1ccc(C(=O)O)cc1. The molecule has 0 aliphatic carbocycles. The lowest BCUT2D eigenvalue weighted by atomic mass is 10.0. The molecular weight excluding hydrogens is 428 g/mol. The van der Waals surface area contributed by atoms with Crippen LogP contribution in [-0.4, -0.2) is 51.9 Å². The number of carboxylic acids is 1. The highest BCUT2D eigenvalue weighted by atomic mass is 32.1. The Hall–Kier alpha value is -3.78. The van der Waals surface area contributed by atoms with Gasteiger partial charge in [0, 0.05) is 14.1 Å². The zero-order valence-electron chi connectivity index (χ0n) is 17.7. The fourth-order valence-corrected chi connectivity index (χ4v) is 3.36. The number of ether oxygens (including phenoxy) is 1. The molecule has 1 heterocycles. The number of carbonyl (C=O) groups excluding carboxylic acids is 2. The number of hydrogen-bond acceptors (Lipinski definition) is 5. The molecule has 3 rings (SSSR count).